The van der Waals surface area contributed by atoms with E-state index in [4.69, 9.17) is 0 Å². The summed E-state index contributed by atoms with van der Waals surface area (Å²) in [5, 5.41) is 16.3. The van der Waals surface area contributed by atoms with Gasteiger partial charge >= 0.3 is 0 Å². The zero-order valence-corrected chi connectivity index (χ0v) is 11.3. The summed E-state index contributed by atoms with van der Waals surface area (Å²) in [6.45, 7) is 4.00. The monoisotopic (exact) mass is 262 g/mol. The van der Waals surface area contributed by atoms with E-state index in [0.29, 0.717) is 11.5 Å². The number of nitrogens with one attached hydrogen (secondary N) is 2. The highest BCUT2D eigenvalue weighted by molar-refractivity contribution is 5.82. The highest BCUT2D eigenvalue weighted by Crippen LogP contribution is 2.16. The zero-order valence-electron chi connectivity index (χ0n) is 11.3. The first kappa shape index (κ1) is 14.0. The van der Waals surface area contributed by atoms with Crippen molar-refractivity contribution in [1.29, 1.82) is 0 Å². The molecule has 1 heterocycles. The molecule has 3 atom stereocenters. The van der Waals surface area contributed by atoms with E-state index in [1.54, 1.807) is 12.1 Å². The first-order valence-electron chi connectivity index (χ1n) is 6.92. The lowest BCUT2D eigenvalue weighted by Gasteiger charge is -2.29. The lowest BCUT2D eigenvalue weighted by atomic mass is 9.92. The van der Waals surface area contributed by atoms with Crippen LogP contribution in [0.4, 0.5) is 0 Å². The summed E-state index contributed by atoms with van der Waals surface area (Å²) in [5.74, 6) is 0.130. The van der Waals surface area contributed by atoms with Crippen LogP contribution >= 0.6 is 0 Å². The van der Waals surface area contributed by atoms with Crippen LogP contribution in [0.5, 0.6) is 0 Å². The maximum atomic E-state index is 12.0. The molecule has 19 heavy (non-hydrogen) atoms. The highest BCUT2D eigenvalue weighted by Gasteiger charge is 2.24. The van der Waals surface area contributed by atoms with Gasteiger partial charge in [-0.1, -0.05) is 30.3 Å². The number of rotatable bonds is 4. The molecule has 1 amide bonds. The van der Waals surface area contributed by atoms with Gasteiger partial charge in [0.2, 0.25) is 0 Å². The molecule has 4 heteroatoms. The van der Waals surface area contributed by atoms with Gasteiger partial charge in [-0.2, -0.15) is 0 Å². The minimum atomic E-state index is -1.08. The van der Waals surface area contributed by atoms with Crippen LogP contribution in [0.2, 0.25) is 0 Å². The summed E-state index contributed by atoms with van der Waals surface area (Å²) >= 11 is 0. The first-order chi connectivity index (χ1) is 9.18. The minimum absolute atomic E-state index is 0.0821. The van der Waals surface area contributed by atoms with Crippen LogP contribution in [0.25, 0.3) is 0 Å². The maximum Gasteiger partial charge on any atom is 0.253 e. The number of carbonyl (C=O) groups excluding carboxylic acids is 1. The van der Waals surface area contributed by atoms with E-state index in [-0.39, 0.29) is 11.9 Å². The largest absolute Gasteiger partial charge is 0.378 e. The molecule has 0 aliphatic carbocycles. The van der Waals surface area contributed by atoms with E-state index < -0.39 is 6.10 Å². The Kier molecular flexibility index (Phi) is 4.93. The average Bonchev–Trinajstić information content (AvgIpc) is 2.48. The van der Waals surface area contributed by atoms with Gasteiger partial charge < -0.3 is 15.7 Å². The van der Waals surface area contributed by atoms with Gasteiger partial charge in [0.1, 0.15) is 0 Å². The second-order valence-corrected chi connectivity index (χ2v) is 5.22. The van der Waals surface area contributed by atoms with Crippen LogP contribution in [0.15, 0.2) is 30.3 Å². The molecule has 1 aliphatic heterocycles. The Morgan fingerprint density at radius 2 is 2.16 bits per heavy atom. The van der Waals surface area contributed by atoms with Gasteiger partial charge in [-0.3, -0.25) is 4.79 Å². The predicted molar refractivity (Wildman–Crippen MR) is 74.6 cm³/mol. The van der Waals surface area contributed by atoms with E-state index in [1.165, 1.54) is 0 Å². The lowest BCUT2D eigenvalue weighted by molar-refractivity contribution is -0.130. The van der Waals surface area contributed by atoms with Gasteiger partial charge in [0.25, 0.3) is 5.91 Å². The van der Waals surface area contributed by atoms with E-state index in [0.717, 1.165) is 25.9 Å². The van der Waals surface area contributed by atoms with Gasteiger partial charge in [0, 0.05) is 6.04 Å². The summed E-state index contributed by atoms with van der Waals surface area (Å²) in [4.78, 5) is 12.0. The number of benzene rings is 1. The van der Waals surface area contributed by atoms with Crippen molar-refractivity contribution >= 4 is 5.91 Å². The number of hydrogen-bond donors (Lipinski definition) is 3. The lowest BCUT2D eigenvalue weighted by Crippen LogP contribution is -2.45. The fourth-order valence-corrected chi connectivity index (χ4v) is 2.51. The molecule has 0 bridgehead atoms. The van der Waals surface area contributed by atoms with Gasteiger partial charge in [-0.05, 0) is 44.3 Å². The fraction of sp³-hybridized carbons (Fsp3) is 0.533. The third kappa shape index (κ3) is 3.78. The van der Waals surface area contributed by atoms with Crippen LogP contribution < -0.4 is 10.6 Å². The molecule has 2 rings (SSSR count). The molecular formula is C15H22N2O2. The summed E-state index contributed by atoms with van der Waals surface area (Å²) in [7, 11) is 0. The summed E-state index contributed by atoms with van der Waals surface area (Å²) < 4.78 is 0. The topological polar surface area (TPSA) is 61.4 Å². The molecule has 1 aromatic carbocycles. The van der Waals surface area contributed by atoms with Crippen molar-refractivity contribution in [2.75, 3.05) is 13.1 Å². The van der Waals surface area contributed by atoms with Gasteiger partial charge in [-0.25, -0.2) is 0 Å². The molecule has 3 N–H and O–H groups in total. The van der Waals surface area contributed by atoms with E-state index in [2.05, 4.69) is 10.6 Å². The van der Waals surface area contributed by atoms with Crippen LogP contribution in [-0.4, -0.2) is 30.1 Å². The average molecular weight is 262 g/mol. The first-order valence-corrected chi connectivity index (χ1v) is 6.92. The smallest absolute Gasteiger partial charge is 0.253 e. The Labute approximate surface area is 114 Å². The minimum Gasteiger partial charge on any atom is -0.378 e. The molecule has 0 saturated carbocycles. The Hall–Kier alpha value is -1.39. The Bertz CT molecular complexity index is 402. The quantitative estimate of drug-likeness (QED) is 0.764. The number of amides is 1. The predicted octanol–water partition coefficient (Wildman–Crippen LogP) is 1.22. The summed E-state index contributed by atoms with van der Waals surface area (Å²) in [5.41, 5.74) is 0.633. The maximum absolute atomic E-state index is 12.0. The summed E-state index contributed by atoms with van der Waals surface area (Å²) in [6.07, 6.45) is 1.18. The van der Waals surface area contributed by atoms with Crippen LogP contribution in [0, 0.1) is 5.92 Å². The molecule has 1 aliphatic rings. The molecule has 3 unspecified atom stereocenters. The van der Waals surface area contributed by atoms with Gasteiger partial charge in [0.05, 0.1) is 0 Å². The van der Waals surface area contributed by atoms with Crippen LogP contribution in [-0.2, 0) is 4.79 Å². The van der Waals surface area contributed by atoms with Crippen molar-refractivity contribution in [2.24, 2.45) is 5.92 Å². The van der Waals surface area contributed by atoms with E-state index in [1.807, 2.05) is 25.1 Å². The van der Waals surface area contributed by atoms with Crippen molar-refractivity contribution in [1.82, 2.24) is 10.6 Å². The number of carbonyl (C=O) groups is 1. The van der Waals surface area contributed by atoms with Crippen molar-refractivity contribution in [3.63, 3.8) is 0 Å². The zero-order chi connectivity index (χ0) is 13.7. The molecule has 104 valence electrons. The fourth-order valence-electron chi connectivity index (χ4n) is 2.51. The third-order valence-electron chi connectivity index (χ3n) is 3.78. The van der Waals surface area contributed by atoms with Crippen molar-refractivity contribution in [2.45, 2.75) is 31.9 Å². The normalized spacial score (nSPS) is 22.5. The third-order valence-corrected chi connectivity index (χ3v) is 3.78. The number of aliphatic hydroxyl groups is 1. The SMILES string of the molecule is CC(NC(=O)C(O)c1ccccc1)C1CCCNC1. The second-order valence-electron chi connectivity index (χ2n) is 5.22. The molecule has 0 aromatic heterocycles. The molecule has 0 spiro atoms. The van der Waals surface area contributed by atoms with E-state index >= 15 is 0 Å². The van der Waals surface area contributed by atoms with E-state index in [9.17, 15) is 9.90 Å². The number of piperidine rings is 1. The molecule has 4 nitrogen and oxygen atoms in total. The standard InChI is InChI=1S/C15H22N2O2/c1-11(13-8-5-9-16-10-13)17-15(19)14(18)12-6-3-2-4-7-12/h2-4,6-7,11,13-14,16,18H,5,8-10H2,1H3,(H,17,19). The molecular weight excluding hydrogens is 240 g/mol. The van der Waals surface area contributed by atoms with Crippen molar-refractivity contribution < 1.29 is 9.90 Å². The Balaban J connectivity index is 1.89. The van der Waals surface area contributed by atoms with Gasteiger partial charge in [0.15, 0.2) is 6.10 Å². The molecule has 1 fully saturated rings. The molecule has 1 aromatic rings. The van der Waals surface area contributed by atoms with Crippen molar-refractivity contribution in [3.05, 3.63) is 35.9 Å². The Morgan fingerprint density at radius 3 is 2.79 bits per heavy atom. The van der Waals surface area contributed by atoms with Crippen molar-refractivity contribution in [3.8, 4) is 0 Å². The number of hydrogen-bond acceptors (Lipinski definition) is 3. The summed E-state index contributed by atoms with van der Waals surface area (Å²) in [6, 6.07) is 9.11. The van der Waals surface area contributed by atoms with Crippen LogP contribution in [0.1, 0.15) is 31.4 Å². The number of aliphatic hydroxyl groups excluding tert-OH is 1. The second kappa shape index (κ2) is 6.68. The molecule has 0 radical (unpaired) electrons. The highest BCUT2D eigenvalue weighted by atomic mass is 16.3. The van der Waals surface area contributed by atoms with Gasteiger partial charge in [-0.15, -0.1) is 0 Å². The Morgan fingerprint density at radius 1 is 1.42 bits per heavy atom. The molecule has 1 saturated heterocycles. The van der Waals surface area contributed by atoms with Crippen LogP contribution in [0.3, 0.4) is 0 Å².